The van der Waals surface area contributed by atoms with Gasteiger partial charge in [-0.25, -0.2) is 0 Å². The number of benzene rings is 1. The first-order valence-corrected chi connectivity index (χ1v) is 6.29. The van der Waals surface area contributed by atoms with Crippen LogP contribution in [-0.2, 0) is 4.79 Å². The standard InChI is InChI=1S/C14H17ClN2O2/c1-9(13(18)17-14(2,3)4)19-12-7-11(15)6-5-10(12)8-16/h5-7,9H,1-4H3,(H,17,18). The zero-order chi connectivity index (χ0) is 14.6. The molecule has 0 aliphatic rings. The molecule has 0 saturated carbocycles. The number of nitrogens with zero attached hydrogens (tertiary/aromatic N) is 1. The first-order chi connectivity index (χ1) is 8.73. The fourth-order valence-corrected chi connectivity index (χ4v) is 1.56. The molecule has 4 nitrogen and oxygen atoms in total. The molecule has 1 unspecified atom stereocenters. The number of hydrogen-bond acceptors (Lipinski definition) is 3. The van der Waals surface area contributed by atoms with Crippen LogP contribution in [0.1, 0.15) is 33.3 Å². The quantitative estimate of drug-likeness (QED) is 0.926. The van der Waals surface area contributed by atoms with E-state index in [1.165, 1.54) is 6.07 Å². The van der Waals surface area contributed by atoms with Gasteiger partial charge in [-0.05, 0) is 39.8 Å². The van der Waals surface area contributed by atoms with Crippen molar-refractivity contribution in [1.82, 2.24) is 5.32 Å². The second-order valence-corrected chi connectivity index (χ2v) is 5.69. The van der Waals surface area contributed by atoms with Crippen molar-refractivity contribution in [2.75, 3.05) is 0 Å². The molecule has 5 heteroatoms. The minimum absolute atomic E-state index is 0.239. The lowest BCUT2D eigenvalue weighted by Crippen LogP contribution is -2.46. The highest BCUT2D eigenvalue weighted by Crippen LogP contribution is 2.23. The lowest BCUT2D eigenvalue weighted by Gasteiger charge is -2.23. The van der Waals surface area contributed by atoms with E-state index in [2.05, 4.69) is 5.32 Å². The summed E-state index contributed by atoms with van der Waals surface area (Å²) >= 11 is 5.85. The smallest absolute Gasteiger partial charge is 0.261 e. The number of rotatable bonds is 3. The van der Waals surface area contributed by atoms with Crippen molar-refractivity contribution >= 4 is 17.5 Å². The Labute approximate surface area is 118 Å². The van der Waals surface area contributed by atoms with E-state index in [0.717, 1.165) is 0 Å². The summed E-state index contributed by atoms with van der Waals surface area (Å²) < 4.78 is 5.51. The second-order valence-electron chi connectivity index (χ2n) is 5.25. The molecule has 0 heterocycles. The molecule has 0 radical (unpaired) electrons. The Morgan fingerprint density at radius 1 is 1.47 bits per heavy atom. The Morgan fingerprint density at radius 3 is 2.63 bits per heavy atom. The van der Waals surface area contributed by atoms with Gasteiger partial charge in [-0.1, -0.05) is 11.6 Å². The number of ether oxygens (including phenoxy) is 1. The molecule has 1 rings (SSSR count). The summed E-state index contributed by atoms with van der Waals surface area (Å²) in [5.74, 6) is 0.0722. The maximum absolute atomic E-state index is 11.9. The molecular formula is C14H17ClN2O2. The van der Waals surface area contributed by atoms with E-state index in [0.29, 0.717) is 16.3 Å². The molecule has 1 N–H and O–H groups in total. The van der Waals surface area contributed by atoms with Gasteiger partial charge in [0.1, 0.15) is 11.8 Å². The van der Waals surface area contributed by atoms with E-state index in [1.807, 2.05) is 26.8 Å². The SMILES string of the molecule is CC(Oc1cc(Cl)ccc1C#N)C(=O)NC(C)(C)C. The molecule has 0 saturated heterocycles. The Morgan fingerprint density at radius 2 is 2.11 bits per heavy atom. The van der Waals surface area contributed by atoms with Gasteiger partial charge in [0.2, 0.25) is 0 Å². The normalized spacial score (nSPS) is 12.4. The maximum atomic E-state index is 11.9. The van der Waals surface area contributed by atoms with Crippen molar-refractivity contribution in [2.45, 2.75) is 39.3 Å². The molecule has 0 bridgehead atoms. The first-order valence-electron chi connectivity index (χ1n) is 5.91. The van der Waals surface area contributed by atoms with Gasteiger partial charge in [0.15, 0.2) is 6.10 Å². The van der Waals surface area contributed by atoms with Crippen LogP contribution in [0.5, 0.6) is 5.75 Å². The number of nitrogens with one attached hydrogen (secondary N) is 1. The molecule has 1 aromatic carbocycles. The van der Waals surface area contributed by atoms with Crippen LogP contribution in [0.25, 0.3) is 0 Å². The summed E-state index contributed by atoms with van der Waals surface area (Å²) in [5, 5.41) is 12.2. The van der Waals surface area contributed by atoms with E-state index >= 15 is 0 Å². The van der Waals surface area contributed by atoms with Crippen LogP contribution in [0, 0.1) is 11.3 Å². The van der Waals surface area contributed by atoms with E-state index in [-0.39, 0.29) is 11.4 Å². The van der Waals surface area contributed by atoms with Gasteiger partial charge in [0, 0.05) is 16.6 Å². The van der Waals surface area contributed by atoms with Crippen LogP contribution in [0.2, 0.25) is 5.02 Å². The highest BCUT2D eigenvalue weighted by molar-refractivity contribution is 6.30. The number of hydrogen-bond donors (Lipinski definition) is 1. The zero-order valence-corrected chi connectivity index (χ0v) is 12.2. The fraction of sp³-hybridized carbons (Fsp3) is 0.429. The van der Waals surface area contributed by atoms with Crippen molar-refractivity contribution in [3.8, 4) is 11.8 Å². The Hall–Kier alpha value is -1.73. The number of halogens is 1. The van der Waals surface area contributed by atoms with Gasteiger partial charge in [0.05, 0.1) is 5.56 Å². The molecule has 0 fully saturated rings. The molecule has 1 amide bonds. The molecule has 0 aliphatic heterocycles. The van der Waals surface area contributed by atoms with Crippen LogP contribution < -0.4 is 10.1 Å². The predicted molar refractivity (Wildman–Crippen MR) is 74.2 cm³/mol. The topological polar surface area (TPSA) is 62.1 Å². The molecule has 0 aliphatic carbocycles. The molecular weight excluding hydrogens is 264 g/mol. The Bertz CT molecular complexity index is 515. The molecule has 1 aromatic rings. The number of carbonyl (C=O) groups is 1. The Kier molecular flexibility index (Phi) is 4.79. The highest BCUT2D eigenvalue weighted by atomic mass is 35.5. The minimum Gasteiger partial charge on any atom is -0.479 e. The summed E-state index contributed by atoms with van der Waals surface area (Å²) in [6.07, 6.45) is -0.704. The van der Waals surface area contributed by atoms with Gasteiger partial charge in [-0.15, -0.1) is 0 Å². The third-order valence-electron chi connectivity index (χ3n) is 2.24. The van der Waals surface area contributed by atoms with Gasteiger partial charge < -0.3 is 10.1 Å². The monoisotopic (exact) mass is 280 g/mol. The fourth-order valence-electron chi connectivity index (χ4n) is 1.40. The number of carbonyl (C=O) groups excluding carboxylic acids is 1. The van der Waals surface area contributed by atoms with Crippen molar-refractivity contribution in [3.05, 3.63) is 28.8 Å². The minimum atomic E-state index is -0.704. The lowest BCUT2D eigenvalue weighted by molar-refractivity contribution is -0.128. The summed E-state index contributed by atoms with van der Waals surface area (Å²) in [6.45, 7) is 7.29. The largest absolute Gasteiger partial charge is 0.479 e. The van der Waals surface area contributed by atoms with Crippen LogP contribution in [-0.4, -0.2) is 17.6 Å². The van der Waals surface area contributed by atoms with Crippen molar-refractivity contribution < 1.29 is 9.53 Å². The zero-order valence-electron chi connectivity index (χ0n) is 11.5. The van der Waals surface area contributed by atoms with Crippen molar-refractivity contribution in [2.24, 2.45) is 0 Å². The molecule has 102 valence electrons. The molecule has 19 heavy (non-hydrogen) atoms. The summed E-state index contributed by atoms with van der Waals surface area (Å²) in [6, 6.07) is 6.69. The van der Waals surface area contributed by atoms with Crippen LogP contribution in [0.15, 0.2) is 18.2 Å². The third kappa shape index (κ3) is 4.80. The van der Waals surface area contributed by atoms with E-state index in [1.54, 1.807) is 19.1 Å². The van der Waals surface area contributed by atoms with Gasteiger partial charge in [-0.3, -0.25) is 4.79 Å². The summed E-state index contributed by atoms with van der Waals surface area (Å²) in [5.41, 5.74) is 0.0148. The van der Waals surface area contributed by atoms with Gasteiger partial charge >= 0.3 is 0 Å². The van der Waals surface area contributed by atoms with Crippen LogP contribution in [0.4, 0.5) is 0 Å². The van der Waals surface area contributed by atoms with Crippen molar-refractivity contribution in [1.29, 1.82) is 5.26 Å². The Balaban J connectivity index is 2.83. The summed E-state index contributed by atoms with van der Waals surface area (Å²) in [4.78, 5) is 11.9. The van der Waals surface area contributed by atoms with Gasteiger partial charge in [-0.2, -0.15) is 5.26 Å². The van der Waals surface area contributed by atoms with E-state index < -0.39 is 6.10 Å². The third-order valence-corrected chi connectivity index (χ3v) is 2.47. The van der Waals surface area contributed by atoms with E-state index in [4.69, 9.17) is 21.6 Å². The second kappa shape index (κ2) is 5.94. The molecule has 0 spiro atoms. The van der Waals surface area contributed by atoms with Crippen molar-refractivity contribution in [3.63, 3.8) is 0 Å². The molecule has 0 aromatic heterocycles. The van der Waals surface area contributed by atoms with Crippen LogP contribution in [0.3, 0.4) is 0 Å². The summed E-state index contributed by atoms with van der Waals surface area (Å²) in [7, 11) is 0. The van der Waals surface area contributed by atoms with E-state index in [9.17, 15) is 4.79 Å². The highest BCUT2D eigenvalue weighted by Gasteiger charge is 2.21. The number of nitriles is 1. The number of amides is 1. The van der Waals surface area contributed by atoms with Crippen LogP contribution >= 0.6 is 11.6 Å². The lowest BCUT2D eigenvalue weighted by atomic mass is 10.1. The average Bonchev–Trinajstić information content (AvgIpc) is 2.27. The molecule has 1 atom stereocenters. The maximum Gasteiger partial charge on any atom is 0.261 e. The average molecular weight is 281 g/mol. The predicted octanol–water partition coefficient (Wildman–Crippen LogP) is 2.89. The first kappa shape index (κ1) is 15.3. The van der Waals surface area contributed by atoms with Gasteiger partial charge in [0.25, 0.3) is 5.91 Å².